The second-order valence-electron chi connectivity index (χ2n) is 11.0. The molecule has 3 aliphatic rings. The molecule has 3 saturated carbocycles. The summed E-state index contributed by atoms with van der Waals surface area (Å²) >= 11 is 0. The molecule has 30 heavy (non-hydrogen) atoms. The van der Waals surface area contributed by atoms with Crippen LogP contribution < -0.4 is 0 Å². The molecule has 3 rings (SSSR count). The van der Waals surface area contributed by atoms with Gasteiger partial charge in [0.05, 0.1) is 12.2 Å². The molecule has 3 aliphatic carbocycles. The van der Waals surface area contributed by atoms with E-state index in [1.807, 2.05) is 0 Å². The summed E-state index contributed by atoms with van der Waals surface area (Å²) in [4.78, 5) is 0. The zero-order chi connectivity index (χ0) is 22.1. The number of allylic oxidation sites excluding steroid dienone is 5. The van der Waals surface area contributed by atoms with Crippen LogP contribution in [0.5, 0.6) is 0 Å². The van der Waals surface area contributed by atoms with Gasteiger partial charge in [-0.2, -0.15) is 0 Å². The fourth-order valence-electron chi connectivity index (χ4n) is 6.26. The third-order valence-electron chi connectivity index (χ3n) is 8.73. The van der Waals surface area contributed by atoms with Gasteiger partial charge in [-0.1, -0.05) is 71.1 Å². The van der Waals surface area contributed by atoms with Gasteiger partial charge in [-0.05, 0) is 84.7 Å². The smallest absolute Gasteiger partial charge is 0.0784 e. The third-order valence-corrected chi connectivity index (χ3v) is 8.73. The van der Waals surface area contributed by atoms with E-state index >= 15 is 0 Å². The molecule has 7 atom stereocenters. The fourth-order valence-corrected chi connectivity index (χ4v) is 6.26. The lowest BCUT2D eigenvalue weighted by molar-refractivity contribution is 0.102. The zero-order valence-electron chi connectivity index (χ0n) is 19.9. The molecule has 2 N–H and O–H groups in total. The molecule has 0 bridgehead atoms. The minimum Gasteiger partial charge on any atom is -0.389 e. The number of rotatable bonds is 5. The first-order valence-electron chi connectivity index (χ1n) is 12.2. The van der Waals surface area contributed by atoms with Crippen LogP contribution in [0.2, 0.25) is 0 Å². The first-order chi connectivity index (χ1) is 14.1. The molecule has 0 amide bonds. The molecule has 0 aliphatic heterocycles. The Hall–Kier alpha value is -1.12. The predicted octanol–water partition coefficient (Wildman–Crippen LogP) is 6.61. The fraction of sp³-hybridized carbons (Fsp3) is 0.714. The van der Waals surface area contributed by atoms with Crippen molar-refractivity contribution < 1.29 is 10.2 Å². The second kappa shape index (κ2) is 9.57. The van der Waals surface area contributed by atoms with Gasteiger partial charge < -0.3 is 10.2 Å². The van der Waals surface area contributed by atoms with E-state index in [1.165, 1.54) is 32.1 Å². The molecule has 0 aromatic carbocycles. The Balaban J connectivity index is 1.75. The summed E-state index contributed by atoms with van der Waals surface area (Å²) in [5, 5.41) is 20.3. The van der Waals surface area contributed by atoms with E-state index in [2.05, 4.69) is 65.5 Å². The summed E-state index contributed by atoms with van der Waals surface area (Å²) < 4.78 is 0. The van der Waals surface area contributed by atoms with Gasteiger partial charge in [-0.15, -0.1) is 0 Å². The lowest BCUT2D eigenvalue weighted by Gasteiger charge is -2.44. The van der Waals surface area contributed by atoms with Crippen molar-refractivity contribution in [1.82, 2.24) is 0 Å². The highest BCUT2D eigenvalue weighted by Crippen LogP contribution is 2.59. The molecule has 0 aromatic heterocycles. The van der Waals surface area contributed by atoms with Crippen LogP contribution in [0.4, 0.5) is 0 Å². The van der Waals surface area contributed by atoms with Crippen molar-refractivity contribution in [3.8, 4) is 0 Å². The van der Waals surface area contributed by atoms with Crippen molar-refractivity contribution >= 4 is 0 Å². The number of fused-ring (bicyclic) bond motifs is 1. The summed E-state index contributed by atoms with van der Waals surface area (Å²) in [6.45, 7) is 15.9. The molecule has 0 spiro atoms. The molecule has 0 radical (unpaired) electrons. The average molecular weight is 413 g/mol. The average Bonchev–Trinajstić information content (AvgIpc) is 3.05. The predicted molar refractivity (Wildman–Crippen MR) is 127 cm³/mol. The van der Waals surface area contributed by atoms with Gasteiger partial charge in [0.15, 0.2) is 0 Å². The Bertz CT molecular complexity index is 712. The van der Waals surface area contributed by atoms with Crippen LogP contribution in [0.3, 0.4) is 0 Å². The highest BCUT2D eigenvalue weighted by atomic mass is 16.3. The number of hydrogen-bond acceptors (Lipinski definition) is 2. The molecule has 7 unspecified atom stereocenters. The SMILES string of the molecule is C=C1CC(=CC=C2CCCC3(C)C2CCC3C(C)C=CC(C)C(C)C)C(O)CC1O. The summed E-state index contributed by atoms with van der Waals surface area (Å²) in [5.41, 5.74) is 3.81. The van der Waals surface area contributed by atoms with Crippen LogP contribution in [0.1, 0.15) is 79.6 Å². The molecule has 0 heterocycles. The van der Waals surface area contributed by atoms with E-state index in [1.54, 1.807) is 5.57 Å². The van der Waals surface area contributed by atoms with Gasteiger partial charge in [-0.25, -0.2) is 0 Å². The Kier molecular flexibility index (Phi) is 7.51. The number of hydrogen-bond donors (Lipinski definition) is 2. The minimum atomic E-state index is -0.564. The van der Waals surface area contributed by atoms with E-state index < -0.39 is 12.2 Å². The largest absolute Gasteiger partial charge is 0.389 e. The van der Waals surface area contributed by atoms with E-state index in [9.17, 15) is 10.2 Å². The van der Waals surface area contributed by atoms with Crippen LogP contribution in [0.25, 0.3) is 0 Å². The molecular formula is C28H44O2. The highest BCUT2D eigenvalue weighted by molar-refractivity contribution is 5.31. The van der Waals surface area contributed by atoms with Crippen molar-refractivity contribution in [1.29, 1.82) is 0 Å². The highest BCUT2D eigenvalue weighted by Gasteiger charge is 2.50. The lowest BCUT2D eigenvalue weighted by Crippen LogP contribution is -2.35. The van der Waals surface area contributed by atoms with Crippen molar-refractivity contribution in [2.24, 2.45) is 35.0 Å². The first-order valence-corrected chi connectivity index (χ1v) is 12.2. The monoisotopic (exact) mass is 412 g/mol. The van der Waals surface area contributed by atoms with Crippen LogP contribution >= 0.6 is 0 Å². The molecule has 2 heteroatoms. The molecule has 2 nitrogen and oxygen atoms in total. The maximum Gasteiger partial charge on any atom is 0.0784 e. The van der Waals surface area contributed by atoms with Crippen molar-refractivity contribution in [2.45, 2.75) is 91.8 Å². The normalized spacial score (nSPS) is 39.8. The van der Waals surface area contributed by atoms with Crippen LogP contribution in [0, 0.1) is 35.0 Å². The van der Waals surface area contributed by atoms with Crippen molar-refractivity contribution in [3.63, 3.8) is 0 Å². The Morgan fingerprint density at radius 3 is 2.40 bits per heavy atom. The van der Waals surface area contributed by atoms with Crippen LogP contribution in [-0.2, 0) is 0 Å². The third kappa shape index (κ3) is 4.86. The van der Waals surface area contributed by atoms with E-state index in [-0.39, 0.29) is 0 Å². The van der Waals surface area contributed by atoms with Gasteiger partial charge in [-0.3, -0.25) is 0 Å². The van der Waals surface area contributed by atoms with Gasteiger partial charge in [0.1, 0.15) is 0 Å². The Morgan fingerprint density at radius 2 is 1.70 bits per heavy atom. The van der Waals surface area contributed by atoms with Gasteiger partial charge in [0.2, 0.25) is 0 Å². The van der Waals surface area contributed by atoms with E-state index in [4.69, 9.17) is 0 Å². The van der Waals surface area contributed by atoms with Crippen molar-refractivity contribution in [2.75, 3.05) is 0 Å². The first kappa shape index (κ1) is 23.5. The Morgan fingerprint density at radius 1 is 1.00 bits per heavy atom. The van der Waals surface area contributed by atoms with Crippen LogP contribution in [0.15, 0.2) is 47.6 Å². The molecule has 168 valence electrons. The number of aliphatic hydroxyl groups excluding tert-OH is 2. The maximum absolute atomic E-state index is 10.4. The van der Waals surface area contributed by atoms with Crippen molar-refractivity contribution in [3.05, 3.63) is 47.6 Å². The zero-order valence-corrected chi connectivity index (χ0v) is 19.9. The molecular weight excluding hydrogens is 368 g/mol. The topological polar surface area (TPSA) is 40.5 Å². The van der Waals surface area contributed by atoms with Gasteiger partial charge in [0.25, 0.3) is 0 Å². The molecule has 0 aromatic rings. The summed E-state index contributed by atoms with van der Waals surface area (Å²) in [6, 6.07) is 0. The summed E-state index contributed by atoms with van der Waals surface area (Å²) in [6.07, 6.45) is 15.7. The standard InChI is InChI=1S/C28H44O2/c1-18(2)19(3)9-10-20(4)24-13-14-25-22(8-7-15-28(24,25)6)11-12-23-16-21(5)26(29)17-27(23)30/h9-12,18-20,24-27,29-30H,5,7-8,13-17H2,1-4,6H3. The van der Waals surface area contributed by atoms with E-state index in [0.717, 1.165) is 17.1 Å². The second-order valence-corrected chi connectivity index (χ2v) is 11.0. The maximum atomic E-state index is 10.4. The summed E-state index contributed by atoms with van der Waals surface area (Å²) in [5.74, 6) is 3.39. The van der Waals surface area contributed by atoms with E-state index in [0.29, 0.717) is 41.9 Å². The summed E-state index contributed by atoms with van der Waals surface area (Å²) in [7, 11) is 0. The molecule has 3 fully saturated rings. The van der Waals surface area contributed by atoms with Crippen LogP contribution in [-0.4, -0.2) is 22.4 Å². The Labute approximate surface area is 184 Å². The number of aliphatic hydroxyl groups is 2. The molecule has 0 saturated heterocycles. The van der Waals surface area contributed by atoms with Gasteiger partial charge in [0, 0.05) is 6.42 Å². The minimum absolute atomic E-state index is 0.385. The van der Waals surface area contributed by atoms with Gasteiger partial charge >= 0.3 is 0 Å². The quantitative estimate of drug-likeness (QED) is 0.499. The lowest BCUT2D eigenvalue weighted by atomic mass is 9.61.